The van der Waals surface area contributed by atoms with Crippen LogP contribution < -0.4 is 0 Å². The maximum Gasteiger partial charge on any atom is 0.206 e. The molecule has 0 unspecified atom stereocenters. The molecule has 4 heteroatoms. The average molecular weight is 683 g/mol. The van der Waals surface area contributed by atoms with Crippen molar-refractivity contribution in [1.82, 2.24) is 9.13 Å². The first-order valence-electron chi connectivity index (χ1n) is 18.4. The molecule has 2 heterocycles. The smallest absolute Gasteiger partial charge is 0.206 e. The molecular weight excluding hydrogens is 633 g/mol. The molecule has 0 spiro atoms. The second kappa shape index (κ2) is 11.6. The Kier molecular flexibility index (Phi) is 7.83. The second-order valence-corrected chi connectivity index (χ2v) is 18.7. The summed E-state index contributed by atoms with van der Waals surface area (Å²) in [4.78, 5) is 3.89. The van der Waals surface area contributed by atoms with Crippen molar-refractivity contribution >= 4 is 49.3 Å². The van der Waals surface area contributed by atoms with Crippen LogP contribution in [0.25, 0.3) is 59.8 Å². The molecule has 0 amide bonds. The zero-order valence-corrected chi connectivity index (χ0v) is 32.9. The van der Waals surface area contributed by atoms with Crippen molar-refractivity contribution in [2.24, 2.45) is 0 Å². The molecule has 7 aromatic rings. The van der Waals surface area contributed by atoms with E-state index in [4.69, 9.17) is 6.57 Å². The average Bonchev–Trinajstić information content (AvgIpc) is 3.57. The van der Waals surface area contributed by atoms with Crippen molar-refractivity contribution < 1.29 is 0 Å². The summed E-state index contributed by atoms with van der Waals surface area (Å²) in [7, 11) is 0. The molecule has 5 aromatic carbocycles. The van der Waals surface area contributed by atoms with E-state index in [0.29, 0.717) is 11.3 Å². The lowest BCUT2D eigenvalue weighted by Crippen LogP contribution is -2.11. The summed E-state index contributed by atoms with van der Waals surface area (Å²) in [6.07, 6.45) is 0. The highest BCUT2D eigenvalue weighted by molar-refractivity contribution is 6.12. The van der Waals surface area contributed by atoms with Gasteiger partial charge in [0.25, 0.3) is 0 Å². The van der Waals surface area contributed by atoms with Gasteiger partial charge in [-0.25, -0.2) is 4.85 Å². The van der Waals surface area contributed by atoms with Crippen LogP contribution >= 0.6 is 0 Å². The number of nitrogens with zero attached hydrogens (tertiary/aromatic N) is 4. The minimum absolute atomic E-state index is 0.0259. The van der Waals surface area contributed by atoms with Crippen molar-refractivity contribution in [1.29, 1.82) is 5.26 Å². The maximum absolute atomic E-state index is 10.4. The fraction of sp³-hybridized carbons (Fsp3) is 0.333. The van der Waals surface area contributed by atoms with Crippen molar-refractivity contribution in [2.75, 3.05) is 0 Å². The molecule has 0 aliphatic heterocycles. The Labute approximate surface area is 309 Å². The zero-order chi connectivity index (χ0) is 37.7. The zero-order valence-electron chi connectivity index (χ0n) is 32.9. The van der Waals surface area contributed by atoms with Gasteiger partial charge in [0.05, 0.1) is 51.6 Å². The Morgan fingerprint density at radius 1 is 0.462 bits per heavy atom. The third-order valence-corrected chi connectivity index (χ3v) is 10.8. The third-order valence-electron chi connectivity index (χ3n) is 10.8. The molecule has 0 bridgehead atoms. The maximum atomic E-state index is 10.4. The molecular formula is C48H50N4. The van der Waals surface area contributed by atoms with Crippen molar-refractivity contribution in [3.63, 3.8) is 0 Å². The van der Waals surface area contributed by atoms with Crippen LogP contribution in [0.1, 0.15) is 111 Å². The number of fused-ring (bicyclic) bond motifs is 6. The summed E-state index contributed by atoms with van der Waals surface area (Å²) in [5, 5.41) is 15.1. The summed E-state index contributed by atoms with van der Waals surface area (Å²) in [5.74, 6) is 0. The predicted octanol–water partition coefficient (Wildman–Crippen LogP) is 13.5. The Balaban J connectivity index is 1.67. The van der Waals surface area contributed by atoms with Gasteiger partial charge >= 0.3 is 0 Å². The van der Waals surface area contributed by atoms with Crippen LogP contribution in [0, 0.1) is 17.9 Å². The molecule has 7 rings (SSSR count). The molecule has 0 aliphatic carbocycles. The summed E-state index contributed by atoms with van der Waals surface area (Å²) >= 11 is 0. The number of nitriles is 1. The van der Waals surface area contributed by atoms with Gasteiger partial charge < -0.3 is 9.13 Å². The Bertz CT molecular complexity index is 2340. The lowest BCUT2D eigenvalue weighted by Gasteiger charge is -2.21. The Morgan fingerprint density at radius 2 is 0.750 bits per heavy atom. The van der Waals surface area contributed by atoms with Gasteiger partial charge in [0.15, 0.2) is 0 Å². The van der Waals surface area contributed by atoms with Gasteiger partial charge in [-0.3, -0.25) is 0 Å². The molecule has 52 heavy (non-hydrogen) atoms. The lowest BCUT2D eigenvalue weighted by molar-refractivity contribution is 0.590. The normalized spacial score (nSPS) is 13.0. The van der Waals surface area contributed by atoms with Gasteiger partial charge in [0.1, 0.15) is 0 Å². The van der Waals surface area contributed by atoms with Crippen molar-refractivity contribution in [3.05, 3.63) is 124 Å². The highest BCUT2D eigenvalue weighted by Gasteiger charge is 2.26. The van der Waals surface area contributed by atoms with E-state index in [2.05, 4.69) is 176 Å². The number of rotatable bonds is 2. The van der Waals surface area contributed by atoms with E-state index >= 15 is 0 Å². The second-order valence-electron chi connectivity index (χ2n) is 18.7. The fourth-order valence-corrected chi connectivity index (χ4v) is 7.54. The van der Waals surface area contributed by atoms with Crippen LogP contribution in [-0.4, -0.2) is 9.13 Å². The molecule has 0 saturated heterocycles. The topological polar surface area (TPSA) is 38.0 Å². The molecule has 0 radical (unpaired) electrons. The molecule has 4 nitrogen and oxygen atoms in total. The van der Waals surface area contributed by atoms with E-state index in [0.717, 1.165) is 33.4 Å². The van der Waals surface area contributed by atoms with Crippen LogP contribution in [0.5, 0.6) is 0 Å². The summed E-state index contributed by atoms with van der Waals surface area (Å²) in [6.45, 7) is 35.2. The quantitative estimate of drug-likeness (QED) is 0.167. The number of hydrogen-bond donors (Lipinski definition) is 0. The van der Waals surface area contributed by atoms with E-state index < -0.39 is 0 Å². The SMILES string of the molecule is [C-]#[N+]c1cc(-n2c3ccc(C(C)(C)C)cc3c3cc(C(C)(C)C)ccc32)c(-n2c3ccc(C(C)(C)C)cc3c3cc(C(C)(C)C)ccc32)cc1C#N. The molecule has 0 fully saturated rings. The van der Waals surface area contributed by atoms with E-state index in [1.54, 1.807) is 0 Å². The molecule has 0 N–H and O–H groups in total. The third kappa shape index (κ3) is 5.66. The number of benzene rings is 5. The first-order valence-corrected chi connectivity index (χ1v) is 18.4. The summed E-state index contributed by atoms with van der Waals surface area (Å²) in [6, 6.07) is 33.5. The minimum atomic E-state index is -0.0263. The van der Waals surface area contributed by atoms with Gasteiger partial charge in [0, 0.05) is 21.5 Å². The molecule has 0 aliphatic rings. The van der Waals surface area contributed by atoms with Crippen LogP contribution in [0.4, 0.5) is 5.69 Å². The first kappa shape index (κ1) is 35.1. The van der Waals surface area contributed by atoms with Gasteiger partial charge in [-0.15, -0.1) is 0 Å². The van der Waals surface area contributed by atoms with Crippen LogP contribution in [-0.2, 0) is 21.7 Å². The van der Waals surface area contributed by atoms with E-state index in [9.17, 15) is 5.26 Å². The van der Waals surface area contributed by atoms with E-state index in [1.165, 1.54) is 43.8 Å². The first-order chi connectivity index (χ1) is 24.2. The molecule has 0 saturated carbocycles. The van der Waals surface area contributed by atoms with E-state index in [1.807, 2.05) is 12.1 Å². The van der Waals surface area contributed by atoms with Crippen LogP contribution in [0.2, 0.25) is 0 Å². The summed E-state index contributed by atoms with van der Waals surface area (Å²) < 4.78 is 4.64. The van der Waals surface area contributed by atoms with Crippen molar-refractivity contribution in [3.8, 4) is 17.4 Å². The Hall–Kier alpha value is -5.32. The van der Waals surface area contributed by atoms with Gasteiger partial charge in [0.2, 0.25) is 5.69 Å². The number of aromatic nitrogens is 2. The van der Waals surface area contributed by atoms with Crippen LogP contribution in [0.15, 0.2) is 84.9 Å². The molecule has 2 aromatic heterocycles. The fourth-order valence-electron chi connectivity index (χ4n) is 7.54. The van der Waals surface area contributed by atoms with Gasteiger partial charge in [-0.1, -0.05) is 107 Å². The Morgan fingerprint density at radius 3 is 1.00 bits per heavy atom. The minimum Gasteiger partial charge on any atom is -0.308 e. The van der Waals surface area contributed by atoms with Crippen molar-refractivity contribution in [2.45, 2.75) is 105 Å². The summed E-state index contributed by atoms with van der Waals surface area (Å²) in [5.41, 5.74) is 11.7. The van der Waals surface area contributed by atoms with Crippen LogP contribution in [0.3, 0.4) is 0 Å². The highest BCUT2D eigenvalue weighted by atomic mass is 15.1. The monoisotopic (exact) mass is 682 g/mol. The van der Waals surface area contributed by atoms with Gasteiger partial charge in [-0.2, -0.15) is 5.26 Å². The molecule has 262 valence electrons. The highest BCUT2D eigenvalue weighted by Crippen LogP contribution is 2.43. The van der Waals surface area contributed by atoms with Gasteiger partial charge in [-0.05, 0) is 105 Å². The predicted molar refractivity (Wildman–Crippen MR) is 221 cm³/mol. The standard InChI is InChI=1S/C48H50N4/c1-45(2,3)30-14-18-39-34(23-30)35-24-31(46(4,5)6)15-19-40(35)51(39)43-22-29(28-49)38(50-13)27-44(43)52-41-20-16-32(47(7,8)9)25-36(41)37-26-33(48(10,11)12)17-21-42(37)52/h14-27H,1-12H3. The lowest BCUT2D eigenvalue weighted by atomic mass is 9.85. The largest absolute Gasteiger partial charge is 0.308 e. The number of hydrogen-bond acceptors (Lipinski definition) is 1. The van der Waals surface area contributed by atoms with E-state index in [-0.39, 0.29) is 21.7 Å². The molecule has 0 atom stereocenters.